The van der Waals surface area contributed by atoms with E-state index in [0.717, 1.165) is 47.8 Å². The number of hydrogen-bond acceptors (Lipinski definition) is 4. The van der Waals surface area contributed by atoms with Crippen LogP contribution in [0, 0.1) is 6.92 Å². The molecule has 0 aromatic carbocycles. The summed E-state index contributed by atoms with van der Waals surface area (Å²) in [5, 5.41) is 4.81. The van der Waals surface area contributed by atoms with Gasteiger partial charge < -0.3 is 5.32 Å². The van der Waals surface area contributed by atoms with Gasteiger partial charge in [0.05, 0.1) is 12.1 Å². The first-order valence-electron chi connectivity index (χ1n) is 11.6. The number of allylic oxidation sites excluding steroid dienone is 4. The van der Waals surface area contributed by atoms with Gasteiger partial charge in [0.2, 0.25) is 0 Å². The quantitative estimate of drug-likeness (QED) is 0.530. The summed E-state index contributed by atoms with van der Waals surface area (Å²) >= 11 is 1.56. The Hall–Kier alpha value is -2.12. The minimum Gasteiger partial charge on any atom is -0.348 e. The number of nitrogens with one attached hydrogen (secondary N) is 1. The zero-order chi connectivity index (χ0) is 24.3. The Balaban J connectivity index is 1.71. The monoisotopic (exact) mass is 476 g/mol. The molecule has 0 atom stereocenters. The smallest absolute Gasteiger partial charge is 0.257 e. The Kier molecular flexibility index (Phi) is 8.06. The zero-order valence-corrected chi connectivity index (χ0v) is 21.1. The van der Waals surface area contributed by atoms with Crippen LogP contribution in [-0.2, 0) is 4.79 Å². The predicted molar refractivity (Wildman–Crippen MR) is 131 cm³/mol. The Labute approximate surface area is 199 Å². The van der Waals surface area contributed by atoms with Crippen LogP contribution in [0.3, 0.4) is 0 Å². The summed E-state index contributed by atoms with van der Waals surface area (Å²) in [6, 6.07) is 0. The maximum Gasteiger partial charge on any atom is 0.257 e. The molecule has 2 heterocycles. The third-order valence-corrected chi connectivity index (χ3v) is 7.58. The van der Waals surface area contributed by atoms with Crippen molar-refractivity contribution in [3.8, 4) is 0 Å². The normalized spacial score (nSPS) is 18.0. The molecule has 0 spiro atoms. The van der Waals surface area contributed by atoms with Crippen LogP contribution in [0.4, 0.5) is 8.78 Å². The lowest BCUT2D eigenvalue weighted by atomic mass is 9.92. The van der Waals surface area contributed by atoms with Crippen molar-refractivity contribution in [2.75, 3.05) is 26.2 Å². The van der Waals surface area contributed by atoms with E-state index in [1.807, 2.05) is 37.1 Å². The first-order chi connectivity index (χ1) is 15.5. The number of rotatable bonds is 7. The minimum absolute atomic E-state index is 0.0701. The number of halogens is 2. The molecule has 33 heavy (non-hydrogen) atoms. The number of alkyl halides is 2. The van der Waals surface area contributed by atoms with Gasteiger partial charge in [0.1, 0.15) is 0 Å². The molecule has 1 aromatic heterocycles. The van der Waals surface area contributed by atoms with Gasteiger partial charge in [0, 0.05) is 48.8 Å². The highest BCUT2D eigenvalue weighted by atomic mass is 32.1. The highest BCUT2D eigenvalue weighted by Gasteiger charge is 2.28. The molecule has 1 saturated heterocycles. The maximum atomic E-state index is 13.4. The van der Waals surface area contributed by atoms with Crippen LogP contribution in [0.1, 0.15) is 74.2 Å². The first-order valence-corrected chi connectivity index (χ1v) is 12.5. The van der Waals surface area contributed by atoms with Gasteiger partial charge in [-0.25, -0.2) is 8.78 Å². The largest absolute Gasteiger partial charge is 0.348 e. The number of hydrogen-bond donors (Lipinski definition) is 1. The number of thiophene rings is 1. The fourth-order valence-corrected chi connectivity index (χ4v) is 6.01. The van der Waals surface area contributed by atoms with Crippen LogP contribution >= 0.6 is 11.3 Å². The van der Waals surface area contributed by atoms with Crippen LogP contribution in [0.25, 0.3) is 5.57 Å². The minimum atomic E-state index is -2.67. The second kappa shape index (κ2) is 10.4. The van der Waals surface area contributed by atoms with Crippen molar-refractivity contribution in [3.63, 3.8) is 0 Å². The lowest BCUT2D eigenvalue weighted by molar-refractivity contribution is -0.115. The van der Waals surface area contributed by atoms with E-state index < -0.39 is 5.92 Å². The summed E-state index contributed by atoms with van der Waals surface area (Å²) in [4.78, 5) is 28.2. The average molecular weight is 477 g/mol. The Morgan fingerprint density at radius 3 is 2.45 bits per heavy atom. The van der Waals surface area contributed by atoms with Crippen molar-refractivity contribution in [1.82, 2.24) is 10.2 Å². The number of piperidine rings is 1. The summed E-state index contributed by atoms with van der Waals surface area (Å²) < 4.78 is 26.7. The lowest BCUT2D eigenvalue weighted by Gasteiger charge is -2.31. The number of likely N-dealkylation sites (tertiary alicyclic amines) is 1. The number of carbonyl (C=O) groups is 2. The molecular weight excluding hydrogens is 442 g/mol. The molecule has 1 fully saturated rings. The van der Waals surface area contributed by atoms with Gasteiger partial charge in [-0.1, -0.05) is 24.1 Å². The van der Waals surface area contributed by atoms with E-state index in [9.17, 15) is 18.4 Å². The SMILES string of the molecule is CCC(=C1CCN(CC(C)(F)F)CC1)c1scc(C(=O)NCC2=C(C)C=C(C)CC2=O)c1C. The van der Waals surface area contributed by atoms with Gasteiger partial charge >= 0.3 is 0 Å². The second-order valence-electron chi connectivity index (χ2n) is 9.32. The molecule has 2 aliphatic rings. The molecule has 4 nitrogen and oxygen atoms in total. The van der Waals surface area contributed by atoms with Gasteiger partial charge in [-0.3, -0.25) is 14.5 Å². The second-order valence-corrected chi connectivity index (χ2v) is 10.2. The molecule has 0 saturated carbocycles. The molecule has 1 aliphatic carbocycles. The Morgan fingerprint density at radius 1 is 1.21 bits per heavy atom. The molecule has 1 aromatic rings. The fraction of sp³-hybridized carbons (Fsp3) is 0.538. The summed E-state index contributed by atoms with van der Waals surface area (Å²) in [7, 11) is 0. The fourth-order valence-electron chi connectivity index (χ4n) is 4.77. The maximum absolute atomic E-state index is 13.4. The van der Waals surface area contributed by atoms with E-state index in [0.29, 0.717) is 30.6 Å². The van der Waals surface area contributed by atoms with Crippen LogP contribution in [-0.4, -0.2) is 48.7 Å². The summed E-state index contributed by atoms with van der Waals surface area (Å²) in [6.07, 6.45) is 4.81. The van der Waals surface area contributed by atoms with Crippen molar-refractivity contribution in [3.05, 3.63) is 49.8 Å². The first kappa shape index (κ1) is 25.5. The molecule has 0 radical (unpaired) electrons. The van der Waals surface area contributed by atoms with E-state index in [4.69, 9.17) is 0 Å². The Morgan fingerprint density at radius 2 is 1.88 bits per heavy atom. The van der Waals surface area contributed by atoms with Gasteiger partial charge in [-0.15, -0.1) is 11.3 Å². The summed E-state index contributed by atoms with van der Waals surface area (Å²) in [5.41, 5.74) is 6.75. The molecule has 0 bridgehead atoms. The van der Waals surface area contributed by atoms with Gasteiger partial charge in [0.25, 0.3) is 11.8 Å². The highest BCUT2D eigenvalue weighted by Crippen LogP contribution is 2.36. The number of amides is 1. The lowest BCUT2D eigenvalue weighted by Crippen LogP contribution is -2.39. The van der Waals surface area contributed by atoms with Crippen LogP contribution < -0.4 is 5.32 Å². The summed E-state index contributed by atoms with van der Waals surface area (Å²) in [5.74, 6) is -2.77. The van der Waals surface area contributed by atoms with Gasteiger partial charge in [-0.2, -0.15) is 0 Å². The number of ketones is 1. The van der Waals surface area contributed by atoms with Crippen molar-refractivity contribution in [2.45, 2.75) is 66.2 Å². The highest BCUT2D eigenvalue weighted by molar-refractivity contribution is 7.11. The number of Topliss-reactive ketones (excluding diaryl/α,β-unsaturated/α-hetero) is 1. The standard InChI is InChI=1S/C26H34F2N2O2S/c1-6-20(19-7-9-30(10-8-19)15-26(5,27)28)24-18(4)22(14-33-24)25(32)29-13-21-17(3)11-16(2)12-23(21)31/h11,14H,6-10,12-13,15H2,1-5H3,(H,29,32). The predicted octanol–water partition coefficient (Wildman–Crippen LogP) is 5.94. The molecular formula is C26H34F2N2O2S. The molecule has 7 heteroatoms. The topological polar surface area (TPSA) is 49.4 Å². The average Bonchev–Trinajstić information content (AvgIpc) is 3.09. The molecule has 3 rings (SSSR count). The van der Waals surface area contributed by atoms with Crippen LogP contribution in [0.15, 0.2) is 33.7 Å². The van der Waals surface area contributed by atoms with E-state index in [1.54, 1.807) is 11.3 Å². The van der Waals surface area contributed by atoms with Gasteiger partial charge in [0.15, 0.2) is 5.78 Å². The molecule has 180 valence electrons. The van der Waals surface area contributed by atoms with E-state index in [-0.39, 0.29) is 24.8 Å². The Bertz CT molecular complexity index is 1020. The van der Waals surface area contributed by atoms with Crippen molar-refractivity contribution in [2.24, 2.45) is 0 Å². The van der Waals surface area contributed by atoms with Crippen molar-refractivity contribution in [1.29, 1.82) is 0 Å². The number of nitrogens with zero attached hydrogens (tertiary/aromatic N) is 1. The van der Waals surface area contributed by atoms with Crippen molar-refractivity contribution >= 4 is 28.6 Å². The van der Waals surface area contributed by atoms with E-state index in [2.05, 4.69) is 12.2 Å². The van der Waals surface area contributed by atoms with Crippen molar-refractivity contribution < 1.29 is 18.4 Å². The number of carbonyl (C=O) groups excluding carboxylic acids is 2. The zero-order valence-electron chi connectivity index (χ0n) is 20.2. The molecule has 1 N–H and O–H groups in total. The third kappa shape index (κ3) is 6.27. The third-order valence-electron chi connectivity index (χ3n) is 6.44. The molecule has 1 aliphatic heterocycles. The van der Waals surface area contributed by atoms with Crippen LogP contribution in [0.5, 0.6) is 0 Å². The summed E-state index contributed by atoms with van der Waals surface area (Å²) in [6.45, 7) is 10.2. The van der Waals surface area contributed by atoms with Crippen LogP contribution in [0.2, 0.25) is 0 Å². The van der Waals surface area contributed by atoms with E-state index >= 15 is 0 Å². The molecule has 0 unspecified atom stereocenters. The molecule has 1 amide bonds. The van der Waals surface area contributed by atoms with E-state index in [1.165, 1.54) is 11.1 Å². The van der Waals surface area contributed by atoms with Gasteiger partial charge in [-0.05, 0) is 56.7 Å².